The molecule has 2 rings (SSSR count). The van der Waals surface area contributed by atoms with E-state index in [0.29, 0.717) is 12.8 Å². The lowest BCUT2D eigenvalue weighted by molar-refractivity contribution is -0.142. The summed E-state index contributed by atoms with van der Waals surface area (Å²) >= 11 is 5.81. The van der Waals surface area contributed by atoms with Crippen molar-refractivity contribution in [2.24, 2.45) is 5.92 Å². The highest BCUT2D eigenvalue weighted by molar-refractivity contribution is 7.89. The summed E-state index contributed by atoms with van der Waals surface area (Å²) in [6.07, 6.45) is 0.876. The fourth-order valence-corrected chi connectivity index (χ4v) is 4.19. The van der Waals surface area contributed by atoms with Crippen molar-refractivity contribution in [1.29, 1.82) is 0 Å². The van der Waals surface area contributed by atoms with E-state index < -0.39 is 27.7 Å². The van der Waals surface area contributed by atoms with E-state index in [0.717, 1.165) is 16.4 Å². The maximum absolute atomic E-state index is 13.2. The summed E-state index contributed by atoms with van der Waals surface area (Å²) < 4.78 is 39.1. The Labute approximate surface area is 121 Å². The number of carboxylic acid groups (broad SMARTS) is 1. The van der Waals surface area contributed by atoms with Gasteiger partial charge in [-0.2, -0.15) is 4.31 Å². The molecule has 0 unspecified atom stereocenters. The van der Waals surface area contributed by atoms with Crippen molar-refractivity contribution in [3.63, 3.8) is 0 Å². The molecule has 1 aliphatic heterocycles. The quantitative estimate of drug-likeness (QED) is 0.923. The molecule has 0 saturated carbocycles. The number of aliphatic carboxylic acids is 1. The number of benzene rings is 1. The zero-order valence-electron chi connectivity index (χ0n) is 10.4. The van der Waals surface area contributed by atoms with E-state index in [2.05, 4.69) is 0 Å². The molecule has 0 aliphatic carbocycles. The van der Waals surface area contributed by atoms with Crippen LogP contribution in [0.5, 0.6) is 0 Å². The Morgan fingerprint density at radius 3 is 2.80 bits per heavy atom. The van der Waals surface area contributed by atoms with Crippen LogP contribution in [-0.2, 0) is 14.8 Å². The molecule has 20 heavy (non-hydrogen) atoms. The molecule has 1 aliphatic rings. The maximum Gasteiger partial charge on any atom is 0.307 e. The van der Waals surface area contributed by atoms with E-state index in [1.165, 1.54) is 6.07 Å². The van der Waals surface area contributed by atoms with Crippen molar-refractivity contribution < 1.29 is 22.7 Å². The van der Waals surface area contributed by atoms with E-state index in [4.69, 9.17) is 16.7 Å². The number of hydrogen-bond acceptors (Lipinski definition) is 3. The Morgan fingerprint density at radius 1 is 1.45 bits per heavy atom. The molecule has 1 aromatic carbocycles. The van der Waals surface area contributed by atoms with Crippen LogP contribution in [0.15, 0.2) is 23.1 Å². The molecule has 5 nitrogen and oxygen atoms in total. The summed E-state index contributed by atoms with van der Waals surface area (Å²) in [6.45, 7) is 0.0868. The van der Waals surface area contributed by atoms with Gasteiger partial charge in [0.1, 0.15) is 10.7 Å². The summed E-state index contributed by atoms with van der Waals surface area (Å²) in [7, 11) is -3.98. The number of nitrogens with zero attached hydrogens (tertiary/aromatic N) is 1. The molecule has 0 radical (unpaired) electrons. The van der Waals surface area contributed by atoms with Crippen LogP contribution in [0.4, 0.5) is 4.39 Å². The van der Waals surface area contributed by atoms with Gasteiger partial charge in [-0.1, -0.05) is 11.6 Å². The topological polar surface area (TPSA) is 74.7 Å². The molecule has 1 atom stereocenters. The molecule has 0 bridgehead atoms. The molecule has 0 spiro atoms. The van der Waals surface area contributed by atoms with Gasteiger partial charge in [0.25, 0.3) is 0 Å². The number of rotatable bonds is 3. The molecule has 1 saturated heterocycles. The third kappa shape index (κ3) is 2.94. The Morgan fingerprint density at radius 2 is 2.15 bits per heavy atom. The fraction of sp³-hybridized carbons (Fsp3) is 0.417. The molecule has 8 heteroatoms. The molecule has 0 aromatic heterocycles. The second-order valence-electron chi connectivity index (χ2n) is 4.62. The van der Waals surface area contributed by atoms with Crippen molar-refractivity contribution in [1.82, 2.24) is 4.31 Å². The Balaban J connectivity index is 2.35. The lowest BCUT2D eigenvalue weighted by atomic mass is 10.0. The van der Waals surface area contributed by atoms with E-state index >= 15 is 0 Å². The van der Waals surface area contributed by atoms with E-state index in [9.17, 15) is 17.6 Å². The zero-order valence-corrected chi connectivity index (χ0v) is 12.0. The fourth-order valence-electron chi connectivity index (χ4n) is 2.18. The second-order valence-corrected chi connectivity index (χ2v) is 6.93. The summed E-state index contributed by atoms with van der Waals surface area (Å²) in [5.41, 5.74) is 0. The number of carboxylic acids is 1. The van der Waals surface area contributed by atoms with Crippen LogP contribution in [0.25, 0.3) is 0 Å². The van der Waals surface area contributed by atoms with Gasteiger partial charge < -0.3 is 5.11 Å². The van der Waals surface area contributed by atoms with Gasteiger partial charge in [-0.3, -0.25) is 4.79 Å². The molecule has 1 fully saturated rings. The van der Waals surface area contributed by atoms with E-state index in [1.54, 1.807) is 0 Å². The molecule has 1 heterocycles. The normalized spacial score (nSPS) is 20.8. The van der Waals surface area contributed by atoms with Gasteiger partial charge in [-0.25, -0.2) is 12.8 Å². The smallest absolute Gasteiger partial charge is 0.307 e. The average Bonchev–Trinajstić information content (AvgIpc) is 2.41. The summed E-state index contributed by atoms with van der Waals surface area (Å²) in [5, 5.41) is 8.90. The molecule has 0 amide bonds. The molecule has 1 aromatic rings. The summed E-state index contributed by atoms with van der Waals surface area (Å²) in [6, 6.07) is 3.09. The Bertz CT molecular complexity index is 634. The maximum atomic E-state index is 13.2. The molecular weight excluding hydrogens is 309 g/mol. The minimum atomic E-state index is -3.98. The van der Waals surface area contributed by atoms with Gasteiger partial charge >= 0.3 is 5.97 Å². The average molecular weight is 322 g/mol. The minimum Gasteiger partial charge on any atom is -0.481 e. The minimum absolute atomic E-state index is 0.0798. The standard InChI is InChI=1S/C12H13ClFNO4S/c13-10-4-3-9(14)6-11(10)20(18,19)15-5-1-2-8(7-15)12(16)17/h3-4,6,8H,1-2,5,7H2,(H,16,17)/t8-/m0/s1. The van der Waals surface area contributed by atoms with Crippen molar-refractivity contribution in [3.05, 3.63) is 29.0 Å². The van der Waals surface area contributed by atoms with Crippen LogP contribution in [-0.4, -0.2) is 36.9 Å². The predicted octanol–water partition coefficient (Wildman–Crippen LogP) is 1.96. The van der Waals surface area contributed by atoms with Crippen molar-refractivity contribution >= 4 is 27.6 Å². The van der Waals surface area contributed by atoms with Gasteiger partial charge in [-0.15, -0.1) is 0 Å². The first kappa shape index (κ1) is 15.2. The first-order valence-corrected chi connectivity index (χ1v) is 7.82. The molecule has 1 N–H and O–H groups in total. The SMILES string of the molecule is O=C(O)[C@H]1CCCN(S(=O)(=O)c2cc(F)ccc2Cl)C1. The predicted molar refractivity (Wildman–Crippen MR) is 70.5 cm³/mol. The highest BCUT2D eigenvalue weighted by Gasteiger charge is 2.34. The number of sulfonamides is 1. The monoisotopic (exact) mass is 321 g/mol. The zero-order chi connectivity index (χ0) is 14.9. The first-order valence-electron chi connectivity index (χ1n) is 6.00. The number of halogens is 2. The third-order valence-corrected chi connectivity index (χ3v) is 5.59. The summed E-state index contributed by atoms with van der Waals surface area (Å²) in [5.74, 6) is -2.49. The lowest BCUT2D eigenvalue weighted by Crippen LogP contribution is -2.42. The van der Waals surface area contributed by atoms with Crippen LogP contribution in [0.2, 0.25) is 5.02 Å². The van der Waals surface area contributed by atoms with Crippen LogP contribution >= 0.6 is 11.6 Å². The van der Waals surface area contributed by atoms with Crippen LogP contribution in [0.3, 0.4) is 0 Å². The van der Waals surface area contributed by atoms with Gasteiger partial charge in [0.05, 0.1) is 10.9 Å². The lowest BCUT2D eigenvalue weighted by Gasteiger charge is -2.30. The number of hydrogen-bond donors (Lipinski definition) is 1. The van der Waals surface area contributed by atoms with Crippen LogP contribution < -0.4 is 0 Å². The Hall–Kier alpha value is -1.18. The molecule has 110 valence electrons. The third-order valence-electron chi connectivity index (χ3n) is 3.24. The highest BCUT2D eigenvalue weighted by atomic mass is 35.5. The van der Waals surface area contributed by atoms with Gasteiger partial charge in [0.15, 0.2) is 0 Å². The first-order chi connectivity index (χ1) is 9.32. The summed E-state index contributed by atoms with van der Waals surface area (Å²) in [4.78, 5) is 10.6. The second kappa shape index (κ2) is 5.67. The van der Waals surface area contributed by atoms with Crippen LogP contribution in [0.1, 0.15) is 12.8 Å². The van der Waals surface area contributed by atoms with Gasteiger partial charge in [0, 0.05) is 13.1 Å². The molecular formula is C12H13ClFNO4S. The largest absolute Gasteiger partial charge is 0.481 e. The number of carbonyl (C=O) groups is 1. The van der Waals surface area contributed by atoms with Gasteiger partial charge in [0.2, 0.25) is 10.0 Å². The highest BCUT2D eigenvalue weighted by Crippen LogP contribution is 2.28. The number of piperidine rings is 1. The van der Waals surface area contributed by atoms with Gasteiger partial charge in [-0.05, 0) is 31.0 Å². The Kier molecular flexibility index (Phi) is 4.31. The van der Waals surface area contributed by atoms with E-state index in [-0.39, 0.29) is 23.0 Å². The van der Waals surface area contributed by atoms with Crippen molar-refractivity contribution in [2.75, 3.05) is 13.1 Å². The van der Waals surface area contributed by atoms with Crippen molar-refractivity contribution in [3.8, 4) is 0 Å². The van der Waals surface area contributed by atoms with E-state index in [1.807, 2.05) is 0 Å². The van der Waals surface area contributed by atoms with Crippen LogP contribution in [0, 0.1) is 11.7 Å². The van der Waals surface area contributed by atoms with Crippen molar-refractivity contribution in [2.45, 2.75) is 17.7 Å².